The Kier molecular flexibility index (Phi) is 3.65. The minimum atomic E-state index is 0.149. The van der Waals surface area contributed by atoms with E-state index in [0.717, 1.165) is 10.7 Å². The lowest BCUT2D eigenvalue weighted by molar-refractivity contribution is 0.498. The first-order chi connectivity index (χ1) is 9.56. The molecule has 0 radical (unpaired) electrons. The molecule has 4 nitrogen and oxygen atoms in total. The van der Waals surface area contributed by atoms with Crippen LogP contribution in [-0.4, -0.2) is 20.6 Å². The van der Waals surface area contributed by atoms with Gasteiger partial charge in [0.15, 0.2) is 0 Å². The molecule has 0 spiro atoms. The van der Waals surface area contributed by atoms with Crippen LogP contribution in [0.25, 0.3) is 0 Å². The summed E-state index contributed by atoms with van der Waals surface area (Å²) in [7, 11) is 0. The first-order valence-corrected chi connectivity index (χ1v) is 8.09. The molecule has 108 valence electrons. The highest BCUT2D eigenvalue weighted by atomic mass is 32.1. The standard InChI is InChI=1S/C15H22N4S/c1-9(2)17-14(15-18-10(3)11(4)20-15)13-7-16-8-19(13)12-5-6-12/h7-9,12,14,17H,5-6H2,1-4H3. The normalized spacial score (nSPS) is 16.9. The third kappa shape index (κ3) is 2.65. The number of hydrogen-bond donors (Lipinski definition) is 1. The van der Waals surface area contributed by atoms with Crippen molar-refractivity contribution in [1.82, 2.24) is 19.9 Å². The zero-order valence-corrected chi connectivity index (χ0v) is 13.4. The van der Waals surface area contributed by atoms with Crippen molar-refractivity contribution in [2.24, 2.45) is 0 Å². The lowest BCUT2D eigenvalue weighted by Crippen LogP contribution is -2.30. The lowest BCUT2D eigenvalue weighted by Gasteiger charge is -2.20. The van der Waals surface area contributed by atoms with Gasteiger partial charge < -0.3 is 9.88 Å². The van der Waals surface area contributed by atoms with E-state index in [2.05, 4.69) is 42.6 Å². The van der Waals surface area contributed by atoms with Gasteiger partial charge in [0.25, 0.3) is 0 Å². The van der Waals surface area contributed by atoms with Crippen LogP contribution in [-0.2, 0) is 0 Å². The maximum Gasteiger partial charge on any atom is 0.116 e. The summed E-state index contributed by atoms with van der Waals surface area (Å²) in [6.07, 6.45) is 6.50. The summed E-state index contributed by atoms with van der Waals surface area (Å²) < 4.78 is 2.33. The molecule has 3 rings (SSSR count). The second kappa shape index (κ2) is 5.30. The van der Waals surface area contributed by atoms with Gasteiger partial charge in [-0.25, -0.2) is 9.97 Å². The molecule has 1 aliphatic rings. The average molecular weight is 290 g/mol. The molecule has 1 unspecified atom stereocenters. The molecule has 20 heavy (non-hydrogen) atoms. The van der Waals surface area contributed by atoms with Gasteiger partial charge in [0.05, 0.1) is 23.9 Å². The minimum Gasteiger partial charge on any atom is -0.330 e. The minimum absolute atomic E-state index is 0.149. The third-order valence-electron chi connectivity index (χ3n) is 3.72. The number of imidazole rings is 1. The van der Waals surface area contributed by atoms with Crippen molar-refractivity contribution >= 4 is 11.3 Å². The SMILES string of the molecule is Cc1nc(C(NC(C)C)c2cncn2C2CC2)sc1C. The van der Waals surface area contributed by atoms with Crippen LogP contribution in [0.4, 0.5) is 0 Å². The van der Waals surface area contributed by atoms with Gasteiger partial charge in [0.2, 0.25) is 0 Å². The van der Waals surface area contributed by atoms with Gasteiger partial charge in [-0.3, -0.25) is 0 Å². The Morgan fingerprint density at radius 2 is 2.10 bits per heavy atom. The summed E-state index contributed by atoms with van der Waals surface area (Å²) in [6.45, 7) is 8.58. The van der Waals surface area contributed by atoms with Gasteiger partial charge >= 0.3 is 0 Å². The van der Waals surface area contributed by atoms with Crippen LogP contribution in [0.15, 0.2) is 12.5 Å². The maximum absolute atomic E-state index is 4.76. The molecule has 2 aromatic heterocycles. The van der Waals surface area contributed by atoms with Crippen molar-refractivity contribution in [1.29, 1.82) is 0 Å². The van der Waals surface area contributed by atoms with Crippen LogP contribution < -0.4 is 5.32 Å². The smallest absolute Gasteiger partial charge is 0.116 e. The van der Waals surface area contributed by atoms with Crippen LogP contribution in [0.3, 0.4) is 0 Å². The highest BCUT2D eigenvalue weighted by Gasteiger charge is 2.30. The van der Waals surface area contributed by atoms with E-state index in [1.165, 1.54) is 23.4 Å². The van der Waals surface area contributed by atoms with Crippen molar-refractivity contribution in [3.8, 4) is 0 Å². The van der Waals surface area contributed by atoms with Crippen molar-refractivity contribution in [3.05, 3.63) is 33.8 Å². The fraction of sp³-hybridized carbons (Fsp3) is 0.600. The predicted octanol–water partition coefficient (Wildman–Crippen LogP) is 3.38. The zero-order chi connectivity index (χ0) is 14.3. The summed E-state index contributed by atoms with van der Waals surface area (Å²) in [4.78, 5) is 10.4. The molecule has 1 N–H and O–H groups in total. The van der Waals surface area contributed by atoms with E-state index >= 15 is 0 Å². The first-order valence-electron chi connectivity index (χ1n) is 7.28. The summed E-state index contributed by atoms with van der Waals surface area (Å²) in [5.74, 6) is 0. The van der Waals surface area contributed by atoms with Crippen LogP contribution in [0.5, 0.6) is 0 Å². The van der Waals surface area contributed by atoms with Crippen LogP contribution in [0.1, 0.15) is 60.0 Å². The Balaban J connectivity index is 1.98. The number of nitrogens with zero attached hydrogens (tertiary/aromatic N) is 3. The largest absolute Gasteiger partial charge is 0.330 e. The van der Waals surface area contributed by atoms with Gasteiger partial charge in [-0.1, -0.05) is 0 Å². The number of hydrogen-bond acceptors (Lipinski definition) is 4. The third-order valence-corrected chi connectivity index (χ3v) is 4.86. The van der Waals surface area contributed by atoms with E-state index < -0.39 is 0 Å². The molecule has 5 heteroatoms. The maximum atomic E-state index is 4.76. The summed E-state index contributed by atoms with van der Waals surface area (Å²) >= 11 is 1.79. The van der Waals surface area contributed by atoms with Gasteiger partial charge in [-0.05, 0) is 40.5 Å². The number of thiazole rings is 1. The molecule has 0 bridgehead atoms. The van der Waals surface area contributed by atoms with Gasteiger partial charge in [-0.15, -0.1) is 11.3 Å². The van der Waals surface area contributed by atoms with Gasteiger partial charge in [0, 0.05) is 17.0 Å². The molecule has 0 saturated heterocycles. The Hall–Kier alpha value is -1.20. The van der Waals surface area contributed by atoms with Gasteiger partial charge in [-0.2, -0.15) is 0 Å². The monoisotopic (exact) mass is 290 g/mol. The number of nitrogens with one attached hydrogen (secondary N) is 1. The van der Waals surface area contributed by atoms with Crippen molar-refractivity contribution in [2.45, 2.75) is 58.7 Å². The Labute approximate surface area is 124 Å². The van der Waals surface area contributed by atoms with Crippen molar-refractivity contribution < 1.29 is 0 Å². The summed E-state index contributed by atoms with van der Waals surface area (Å²) in [5, 5.41) is 4.80. The number of rotatable bonds is 5. The Bertz CT molecular complexity index is 575. The fourth-order valence-corrected chi connectivity index (χ4v) is 3.43. The van der Waals surface area contributed by atoms with Crippen molar-refractivity contribution in [3.63, 3.8) is 0 Å². The second-order valence-corrected chi connectivity index (χ2v) is 7.14. The van der Waals surface area contributed by atoms with E-state index in [9.17, 15) is 0 Å². The molecule has 2 aromatic rings. The average Bonchev–Trinajstić information content (AvgIpc) is 3.03. The summed E-state index contributed by atoms with van der Waals surface area (Å²) in [6, 6.07) is 1.20. The topological polar surface area (TPSA) is 42.7 Å². The summed E-state index contributed by atoms with van der Waals surface area (Å²) in [5.41, 5.74) is 2.38. The Morgan fingerprint density at radius 3 is 2.65 bits per heavy atom. The number of aryl methyl sites for hydroxylation is 2. The molecule has 1 fully saturated rings. The molecule has 0 aliphatic heterocycles. The molecule has 1 aliphatic carbocycles. The molecule has 0 amide bonds. The Morgan fingerprint density at radius 1 is 1.35 bits per heavy atom. The van der Waals surface area contributed by atoms with Gasteiger partial charge in [0.1, 0.15) is 11.0 Å². The molecule has 1 atom stereocenters. The van der Waals surface area contributed by atoms with Crippen LogP contribution in [0, 0.1) is 13.8 Å². The van der Waals surface area contributed by atoms with E-state index in [-0.39, 0.29) is 6.04 Å². The lowest BCUT2D eigenvalue weighted by atomic mass is 10.2. The highest BCUT2D eigenvalue weighted by Crippen LogP contribution is 2.38. The van der Waals surface area contributed by atoms with Crippen molar-refractivity contribution in [2.75, 3.05) is 0 Å². The van der Waals surface area contributed by atoms with Crippen LogP contribution >= 0.6 is 11.3 Å². The fourth-order valence-electron chi connectivity index (χ4n) is 2.43. The van der Waals surface area contributed by atoms with E-state index in [0.29, 0.717) is 12.1 Å². The highest BCUT2D eigenvalue weighted by molar-refractivity contribution is 7.11. The molecule has 2 heterocycles. The van der Waals surface area contributed by atoms with E-state index in [1.807, 2.05) is 12.5 Å². The molecular formula is C15H22N4S. The van der Waals surface area contributed by atoms with Crippen LogP contribution in [0.2, 0.25) is 0 Å². The first kappa shape index (κ1) is 13.8. The number of aromatic nitrogens is 3. The quantitative estimate of drug-likeness (QED) is 0.918. The zero-order valence-electron chi connectivity index (χ0n) is 12.6. The molecule has 0 aromatic carbocycles. The second-order valence-electron chi connectivity index (χ2n) is 5.91. The van der Waals surface area contributed by atoms with E-state index in [1.54, 1.807) is 11.3 Å². The molecule has 1 saturated carbocycles. The van der Waals surface area contributed by atoms with E-state index in [4.69, 9.17) is 4.98 Å². The predicted molar refractivity (Wildman–Crippen MR) is 82.2 cm³/mol. The molecular weight excluding hydrogens is 268 g/mol.